The van der Waals surface area contributed by atoms with Crippen LogP contribution in [0.3, 0.4) is 0 Å². The zero-order valence-corrected chi connectivity index (χ0v) is 54.2. The molecule has 0 aromatic carbocycles. The van der Waals surface area contributed by atoms with Crippen LogP contribution in [-0.2, 0) is 65.4 Å². The minimum atomic E-state index is -4.94. The molecule has 0 saturated carbocycles. The molecule has 0 radical (unpaired) electrons. The molecule has 3 N–H and O–H groups in total. The SMILES string of the molecule is CCCCCCCCCCCCCCCCC(=O)OC[C@H](COP(=O)(O)OC[C@@H](O)COP(=O)(O)OC[C@@H](COC(=O)CCCCCCCCC)OC(=O)CCCCCCCCC)OC(=O)CCCCCCCCCCCCCCCC. The Morgan fingerprint density at radius 1 is 0.293 bits per heavy atom. The molecule has 0 aromatic heterocycles. The van der Waals surface area contributed by atoms with Gasteiger partial charge in [0.2, 0.25) is 0 Å². The van der Waals surface area contributed by atoms with E-state index in [0.717, 1.165) is 116 Å². The fraction of sp³-hybridized carbons (Fsp3) is 0.937. The molecule has 17 nitrogen and oxygen atoms in total. The average molecular weight is 1210 g/mol. The second kappa shape index (κ2) is 58.1. The largest absolute Gasteiger partial charge is 0.472 e. The summed E-state index contributed by atoms with van der Waals surface area (Å²) in [4.78, 5) is 71.9. The molecule has 0 bridgehead atoms. The van der Waals surface area contributed by atoms with Crippen LogP contribution in [0.1, 0.15) is 323 Å². The number of ether oxygens (including phenoxy) is 4. The Morgan fingerprint density at radius 2 is 0.488 bits per heavy atom. The van der Waals surface area contributed by atoms with Crippen molar-refractivity contribution in [1.29, 1.82) is 0 Å². The molecule has 0 spiro atoms. The van der Waals surface area contributed by atoms with Crippen molar-refractivity contribution in [3.8, 4) is 0 Å². The van der Waals surface area contributed by atoms with Crippen LogP contribution in [-0.4, -0.2) is 96.7 Å². The van der Waals surface area contributed by atoms with Crippen molar-refractivity contribution in [2.75, 3.05) is 39.6 Å². The highest BCUT2D eigenvalue weighted by atomic mass is 31.2. The number of carbonyl (C=O) groups is 4. The molecule has 0 saturated heterocycles. The third-order valence-electron chi connectivity index (χ3n) is 14.6. The lowest BCUT2D eigenvalue weighted by Gasteiger charge is -2.21. The van der Waals surface area contributed by atoms with E-state index in [-0.39, 0.29) is 25.7 Å². The predicted octanol–water partition coefficient (Wildman–Crippen LogP) is 17.5. The van der Waals surface area contributed by atoms with Crippen molar-refractivity contribution < 1.29 is 80.2 Å². The van der Waals surface area contributed by atoms with E-state index in [1.54, 1.807) is 0 Å². The molecule has 0 aliphatic heterocycles. The Balaban J connectivity index is 5.17. The Kier molecular flexibility index (Phi) is 56.7. The van der Waals surface area contributed by atoms with E-state index in [1.165, 1.54) is 128 Å². The summed E-state index contributed by atoms with van der Waals surface area (Å²) in [5.74, 6) is -2.14. The van der Waals surface area contributed by atoms with E-state index in [0.29, 0.717) is 25.7 Å². The van der Waals surface area contributed by atoms with E-state index in [9.17, 15) is 43.2 Å². The van der Waals surface area contributed by atoms with Crippen molar-refractivity contribution in [2.45, 2.75) is 341 Å². The third-order valence-corrected chi connectivity index (χ3v) is 16.5. The highest BCUT2D eigenvalue weighted by Gasteiger charge is 2.30. The van der Waals surface area contributed by atoms with Crippen LogP contribution < -0.4 is 0 Å². The van der Waals surface area contributed by atoms with Gasteiger partial charge < -0.3 is 33.8 Å². The first-order chi connectivity index (χ1) is 39.7. The zero-order chi connectivity index (χ0) is 60.5. The van der Waals surface area contributed by atoms with Crippen LogP contribution >= 0.6 is 15.6 Å². The highest BCUT2D eigenvalue weighted by molar-refractivity contribution is 7.47. The third kappa shape index (κ3) is 57.2. The average Bonchev–Trinajstić information content (AvgIpc) is 3.45. The van der Waals surface area contributed by atoms with Crippen molar-refractivity contribution in [3.05, 3.63) is 0 Å². The quantitative estimate of drug-likeness (QED) is 0.0222. The number of unbranched alkanes of at least 4 members (excludes halogenated alkanes) is 38. The van der Waals surface area contributed by atoms with Crippen LogP contribution in [0.15, 0.2) is 0 Å². The minimum Gasteiger partial charge on any atom is -0.462 e. The van der Waals surface area contributed by atoms with E-state index < -0.39 is 97.5 Å². The molecule has 0 aliphatic carbocycles. The van der Waals surface area contributed by atoms with Gasteiger partial charge in [-0.2, -0.15) is 0 Å². The summed E-state index contributed by atoms with van der Waals surface area (Å²) >= 11 is 0. The van der Waals surface area contributed by atoms with Crippen molar-refractivity contribution in [3.63, 3.8) is 0 Å². The summed E-state index contributed by atoms with van der Waals surface area (Å²) < 4.78 is 67.8. The van der Waals surface area contributed by atoms with Gasteiger partial charge in [-0.15, -0.1) is 0 Å². The summed E-state index contributed by atoms with van der Waals surface area (Å²) in [5, 5.41) is 10.5. The van der Waals surface area contributed by atoms with Gasteiger partial charge in [0.1, 0.15) is 19.3 Å². The Bertz CT molecular complexity index is 1590. The molecule has 5 atom stereocenters. The van der Waals surface area contributed by atoms with Crippen LogP contribution in [0.4, 0.5) is 0 Å². The number of hydrogen-bond acceptors (Lipinski definition) is 15. The van der Waals surface area contributed by atoms with Gasteiger partial charge in [0.05, 0.1) is 26.4 Å². The normalized spacial score (nSPS) is 14.2. The molecular formula is C63H122O17P2. The number of aliphatic hydroxyl groups is 1. The lowest BCUT2D eigenvalue weighted by Crippen LogP contribution is -2.30. The fourth-order valence-corrected chi connectivity index (χ4v) is 11.0. The van der Waals surface area contributed by atoms with Crippen LogP contribution in [0.2, 0.25) is 0 Å². The van der Waals surface area contributed by atoms with Crippen LogP contribution in [0.25, 0.3) is 0 Å². The number of esters is 4. The van der Waals surface area contributed by atoms with Gasteiger partial charge in [-0.05, 0) is 25.7 Å². The van der Waals surface area contributed by atoms with Crippen LogP contribution in [0, 0.1) is 0 Å². The number of phosphoric acid groups is 2. The van der Waals surface area contributed by atoms with Gasteiger partial charge in [-0.1, -0.05) is 272 Å². The highest BCUT2D eigenvalue weighted by Crippen LogP contribution is 2.45. The van der Waals surface area contributed by atoms with Gasteiger partial charge in [0.15, 0.2) is 12.2 Å². The first kappa shape index (κ1) is 80.1. The van der Waals surface area contributed by atoms with Gasteiger partial charge >= 0.3 is 39.5 Å². The molecule has 0 fully saturated rings. The van der Waals surface area contributed by atoms with Crippen molar-refractivity contribution in [2.24, 2.45) is 0 Å². The number of phosphoric ester groups is 2. The molecule has 19 heteroatoms. The first-order valence-corrected chi connectivity index (χ1v) is 36.3. The summed E-state index contributed by atoms with van der Waals surface area (Å²) in [6.07, 6.45) is 43.2. The Labute approximate surface area is 498 Å². The summed E-state index contributed by atoms with van der Waals surface area (Å²) in [6, 6.07) is 0. The molecule has 82 heavy (non-hydrogen) atoms. The number of hydrogen-bond donors (Lipinski definition) is 3. The standard InChI is InChI=1S/C63H122O17P2/c1-5-9-13-17-21-23-25-27-29-31-33-37-40-44-48-61(66)74-54-59(80-63(68)50-46-42-38-34-32-30-28-26-24-22-18-14-10-6-2)56-78-82(71,72)76-52-57(64)51-75-81(69,70)77-55-58(79-62(67)49-45-41-36-20-16-12-8-4)53-73-60(65)47-43-39-35-19-15-11-7-3/h57-59,64H,5-56H2,1-4H3,(H,69,70)(H,71,72)/t57-,58+,59+/m0/s1. The minimum absolute atomic E-state index is 0.104. The maximum Gasteiger partial charge on any atom is 0.472 e. The number of aliphatic hydroxyl groups excluding tert-OH is 1. The van der Waals surface area contributed by atoms with Gasteiger partial charge in [0.25, 0.3) is 0 Å². The van der Waals surface area contributed by atoms with Crippen LogP contribution in [0.5, 0.6) is 0 Å². The maximum atomic E-state index is 13.0. The Hall–Kier alpha value is -1.94. The monoisotopic (exact) mass is 1210 g/mol. The van der Waals surface area contributed by atoms with Gasteiger partial charge in [-0.25, -0.2) is 9.13 Å². The van der Waals surface area contributed by atoms with E-state index in [2.05, 4.69) is 27.7 Å². The first-order valence-electron chi connectivity index (χ1n) is 33.3. The predicted molar refractivity (Wildman–Crippen MR) is 326 cm³/mol. The zero-order valence-electron chi connectivity index (χ0n) is 52.5. The fourth-order valence-electron chi connectivity index (χ4n) is 9.46. The maximum absolute atomic E-state index is 13.0. The summed E-state index contributed by atoms with van der Waals surface area (Å²) in [5.41, 5.74) is 0. The van der Waals surface area contributed by atoms with Crippen molar-refractivity contribution in [1.82, 2.24) is 0 Å². The molecule has 0 heterocycles. The molecule has 2 unspecified atom stereocenters. The van der Waals surface area contributed by atoms with Crippen molar-refractivity contribution >= 4 is 39.5 Å². The Morgan fingerprint density at radius 3 is 0.720 bits per heavy atom. The van der Waals surface area contributed by atoms with Gasteiger partial charge in [-0.3, -0.25) is 37.3 Å². The van der Waals surface area contributed by atoms with E-state index in [1.807, 2.05) is 0 Å². The summed E-state index contributed by atoms with van der Waals surface area (Å²) in [6.45, 7) is 4.81. The molecule has 0 aliphatic rings. The smallest absolute Gasteiger partial charge is 0.462 e. The van der Waals surface area contributed by atoms with Gasteiger partial charge in [0, 0.05) is 25.7 Å². The lowest BCUT2D eigenvalue weighted by molar-refractivity contribution is -0.161. The lowest BCUT2D eigenvalue weighted by atomic mass is 10.0. The topological polar surface area (TPSA) is 237 Å². The second-order valence-electron chi connectivity index (χ2n) is 22.8. The molecule has 0 amide bonds. The van der Waals surface area contributed by atoms with E-state index in [4.69, 9.17) is 37.0 Å². The molecular weight excluding hydrogens is 1090 g/mol. The number of carbonyl (C=O) groups excluding carboxylic acids is 4. The number of rotatable bonds is 64. The second-order valence-corrected chi connectivity index (χ2v) is 25.7. The molecule has 486 valence electrons. The van der Waals surface area contributed by atoms with E-state index >= 15 is 0 Å². The molecule has 0 aromatic rings. The molecule has 0 rings (SSSR count). The summed E-state index contributed by atoms with van der Waals surface area (Å²) in [7, 11) is -9.87.